The molecule has 0 bridgehead atoms. The Morgan fingerprint density at radius 1 is 1.32 bits per heavy atom. The molecule has 1 amide bonds. The van der Waals surface area contributed by atoms with Crippen LogP contribution in [0.15, 0.2) is 0 Å². The van der Waals surface area contributed by atoms with Crippen LogP contribution in [0.2, 0.25) is 0 Å². The van der Waals surface area contributed by atoms with Crippen molar-refractivity contribution in [1.82, 2.24) is 16.0 Å². The van der Waals surface area contributed by atoms with Crippen molar-refractivity contribution >= 4 is 23.4 Å². The highest BCUT2D eigenvalue weighted by molar-refractivity contribution is 7.80. The second-order valence-corrected chi connectivity index (χ2v) is 5.86. The fraction of sp³-hybridized carbons (Fsp3) is 0.833. The fourth-order valence-corrected chi connectivity index (χ4v) is 1.96. The molecule has 0 spiro atoms. The first kappa shape index (κ1) is 17.9. The zero-order valence-corrected chi connectivity index (χ0v) is 12.6. The zero-order chi connectivity index (χ0) is 14.9. The van der Waals surface area contributed by atoms with E-state index in [1.807, 2.05) is 20.8 Å². The summed E-state index contributed by atoms with van der Waals surface area (Å²) in [4.78, 5) is 10.2. The van der Waals surface area contributed by atoms with Gasteiger partial charge in [-0.3, -0.25) is 0 Å². The van der Waals surface area contributed by atoms with E-state index in [9.17, 15) is 9.90 Å². The number of rotatable bonds is 7. The fourth-order valence-electron chi connectivity index (χ4n) is 1.48. The highest BCUT2D eigenvalue weighted by Crippen LogP contribution is 2.02. The van der Waals surface area contributed by atoms with Gasteiger partial charge in [0.2, 0.25) is 0 Å². The molecule has 0 aliphatic carbocycles. The predicted molar refractivity (Wildman–Crippen MR) is 79.4 cm³/mol. The van der Waals surface area contributed by atoms with Gasteiger partial charge in [0.1, 0.15) is 0 Å². The van der Waals surface area contributed by atoms with Gasteiger partial charge < -0.3 is 26.2 Å². The second kappa shape index (κ2) is 8.92. The van der Waals surface area contributed by atoms with E-state index in [-0.39, 0.29) is 18.2 Å². The molecule has 6 nitrogen and oxygen atoms in total. The molecule has 0 saturated carbocycles. The Hall–Kier alpha value is -1.08. The van der Waals surface area contributed by atoms with Gasteiger partial charge in [-0.2, -0.15) is 0 Å². The number of thiocarbonyl (C=S) groups is 1. The molecule has 0 heterocycles. The van der Waals surface area contributed by atoms with Crippen molar-refractivity contribution in [2.24, 2.45) is 0 Å². The monoisotopic (exact) mass is 291 g/mol. The van der Waals surface area contributed by atoms with Gasteiger partial charge in [0.05, 0.1) is 12.6 Å². The molecule has 0 aromatic rings. The minimum atomic E-state index is -1.01. The van der Waals surface area contributed by atoms with E-state index < -0.39 is 6.09 Å². The summed E-state index contributed by atoms with van der Waals surface area (Å²) in [6.45, 7) is 6.45. The van der Waals surface area contributed by atoms with Crippen LogP contribution in [-0.2, 0) is 0 Å². The third kappa shape index (κ3) is 11.7. The van der Waals surface area contributed by atoms with Crippen molar-refractivity contribution in [3.05, 3.63) is 0 Å². The summed E-state index contributed by atoms with van der Waals surface area (Å²) in [7, 11) is 0. The molecule has 112 valence electrons. The highest BCUT2D eigenvalue weighted by atomic mass is 32.1. The topological polar surface area (TPSA) is 93.6 Å². The van der Waals surface area contributed by atoms with Gasteiger partial charge in [-0.15, -0.1) is 0 Å². The lowest BCUT2D eigenvalue weighted by atomic mass is 10.1. The number of aliphatic hydroxyl groups excluding tert-OH is 1. The molecule has 0 aliphatic rings. The van der Waals surface area contributed by atoms with Gasteiger partial charge in [-0.1, -0.05) is 0 Å². The SMILES string of the molecule is CC(C)(C)NC(=S)N[C@@H](CO)CCCCNC(=O)O. The Labute approximate surface area is 120 Å². The summed E-state index contributed by atoms with van der Waals surface area (Å²) in [5.74, 6) is 0. The number of unbranched alkanes of at least 4 members (excludes halogenated alkanes) is 1. The van der Waals surface area contributed by atoms with E-state index in [4.69, 9.17) is 17.3 Å². The number of carboxylic acid groups (broad SMARTS) is 1. The van der Waals surface area contributed by atoms with Crippen molar-refractivity contribution in [3.8, 4) is 0 Å². The number of aliphatic hydroxyl groups is 1. The molecule has 19 heavy (non-hydrogen) atoms. The first-order chi connectivity index (χ1) is 8.74. The number of amides is 1. The van der Waals surface area contributed by atoms with Crippen molar-refractivity contribution in [1.29, 1.82) is 0 Å². The molecule has 0 unspecified atom stereocenters. The summed E-state index contributed by atoms with van der Waals surface area (Å²) in [6.07, 6.45) is 1.29. The maximum absolute atomic E-state index is 10.2. The number of carbonyl (C=O) groups is 1. The molecular weight excluding hydrogens is 266 g/mol. The maximum atomic E-state index is 10.2. The Balaban J connectivity index is 3.82. The third-order valence-electron chi connectivity index (χ3n) is 2.30. The van der Waals surface area contributed by atoms with Crippen LogP contribution in [0.25, 0.3) is 0 Å². The lowest BCUT2D eigenvalue weighted by Gasteiger charge is -2.26. The quantitative estimate of drug-likeness (QED) is 0.355. The smallest absolute Gasteiger partial charge is 0.404 e. The van der Waals surface area contributed by atoms with Crippen LogP contribution in [0, 0.1) is 0 Å². The molecule has 0 radical (unpaired) electrons. The van der Waals surface area contributed by atoms with Crippen molar-refractivity contribution in [2.75, 3.05) is 13.2 Å². The summed E-state index contributed by atoms with van der Waals surface area (Å²) in [6, 6.07) is -0.104. The molecule has 0 fully saturated rings. The molecule has 7 heteroatoms. The van der Waals surface area contributed by atoms with Gasteiger partial charge in [0.25, 0.3) is 0 Å². The predicted octanol–water partition coefficient (Wildman–Crippen LogP) is 1.05. The Morgan fingerprint density at radius 3 is 2.42 bits per heavy atom. The minimum absolute atomic E-state index is 0.00166. The normalized spacial score (nSPS) is 12.6. The van der Waals surface area contributed by atoms with Gasteiger partial charge >= 0.3 is 6.09 Å². The summed E-state index contributed by atoms with van der Waals surface area (Å²) >= 11 is 5.16. The maximum Gasteiger partial charge on any atom is 0.404 e. The summed E-state index contributed by atoms with van der Waals surface area (Å²) in [5, 5.41) is 26.7. The van der Waals surface area contributed by atoms with Gasteiger partial charge in [-0.25, -0.2) is 4.79 Å². The molecule has 0 rings (SSSR count). The van der Waals surface area contributed by atoms with Crippen LogP contribution in [0.3, 0.4) is 0 Å². The molecule has 5 N–H and O–H groups in total. The van der Waals surface area contributed by atoms with Crippen LogP contribution in [-0.4, -0.2) is 46.2 Å². The van der Waals surface area contributed by atoms with Crippen molar-refractivity contribution in [2.45, 2.75) is 51.6 Å². The van der Waals surface area contributed by atoms with Crippen LogP contribution >= 0.6 is 12.2 Å². The third-order valence-corrected chi connectivity index (χ3v) is 2.52. The Morgan fingerprint density at radius 2 is 1.95 bits per heavy atom. The number of nitrogens with one attached hydrogen (secondary N) is 3. The van der Waals surface area contributed by atoms with Crippen molar-refractivity contribution in [3.63, 3.8) is 0 Å². The lowest BCUT2D eigenvalue weighted by molar-refractivity contribution is 0.194. The second-order valence-electron chi connectivity index (χ2n) is 5.46. The Bertz CT molecular complexity index is 292. The molecular formula is C12H25N3O3S. The molecule has 0 aromatic heterocycles. The van der Waals surface area contributed by atoms with E-state index in [1.165, 1.54) is 0 Å². The zero-order valence-electron chi connectivity index (χ0n) is 11.8. The van der Waals surface area contributed by atoms with Gasteiger partial charge in [0, 0.05) is 12.1 Å². The van der Waals surface area contributed by atoms with E-state index in [0.717, 1.165) is 19.3 Å². The standard InChI is InChI=1S/C12H25N3O3S/c1-12(2,3)15-10(19)14-9(8-16)6-4-5-7-13-11(17)18/h9,13,16H,4-8H2,1-3H3,(H,17,18)(H2,14,15,19)/t9-/m1/s1. The molecule has 0 aromatic carbocycles. The van der Waals surface area contributed by atoms with Crippen LogP contribution in [0.4, 0.5) is 4.79 Å². The van der Waals surface area contributed by atoms with E-state index >= 15 is 0 Å². The van der Waals surface area contributed by atoms with E-state index in [1.54, 1.807) is 0 Å². The minimum Gasteiger partial charge on any atom is -0.465 e. The van der Waals surface area contributed by atoms with Crippen LogP contribution in [0.1, 0.15) is 40.0 Å². The van der Waals surface area contributed by atoms with Crippen LogP contribution in [0.5, 0.6) is 0 Å². The molecule has 0 saturated heterocycles. The summed E-state index contributed by atoms with van der Waals surface area (Å²) in [5.41, 5.74) is -0.116. The van der Waals surface area contributed by atoms with Gasteiger partial charge in [0.15, 0.2) is 5.11 Å². The number of hydrogen-bond donors (Lipinski definition) is 5. The van der Waals surface area contributed by atoms with E-state index in [0.29, 0.717) is 11.7 Å². The van der Waals surface area contributed by atoms with Gasteiger partial charge in [-0.05, 0) is 52.3 Å². The average molecular weight is 291 g/mol. The highest BCUT2D eigenvalue weighted by Gasteiger charge is 2.14. The van der Waals surface area contributed by atoms with E-state index in [2.05, 4.69) is 16.0 Å². The summed E-state index contributed by atoms with van der Waals surface area (Å²) < 4.78 is 0. The largest absolute Gasteiger partial charge is 0.465 e. The lowest BCUT2D eigenvalue weighted by Crippen LogP contribution is -2.50. The molecule has 1 atom stereocenters. The van der Waals surface area contributed by atoms with Crippen molar-refractivity contribution < 1.29 is 15.0 Å². The van der Waals surface area contributed by atoms with Crippen LogP contribution < -0.4 is 16.0 Å². The average Bonchev–Trinajstić information content (AvgIpc) is 2.24. The first-order valence-corrected chi connectivity index (χ1v) is 6.82. The first-order valence-electron chi connectivity index (χ1n) is 6.41. The number of hydrogen-bond acceptors (Lipinski definition) is 3. The molecule has 0 aliphatic heterocycles. The Kier molecular flexibility index (Phi) is 8.42.